The van der Waals surface area contributed by atoms with Crippen LogP contribution in [0.1, 0.15) is 15.9 Å². The maximum Gasteiger partial charge on any atom is 0.259 e. The molecule has 0 aliphatic rings. The zero-order valence-corrected chi connectivity index (χ0v) is 13.0. The fourth-order valence-electron chi connectivity index (χ4n) is 1.80. The van der Waals surface area contributed by atoms with Crippen molar-refractivity contribution in [2.45, 2.75) is 0 Å². The molecule has 2 N–H and O–H groups in total. The molecule has 0 saturated carbocycles. The zero-order chi connectivity index (χ0) is 17.4. The van der Waals surface area contributed by atoms with Crippen LogP contribution < -0.4 is 15.5 Å². The molecule has 0 aliphatic carbocycles. The van der Waals surface area contributed by atoms with Crippen LogP contribution in [0.5, 0.6) is 5.75 Å². The van der Waals surface area contributed by atoms with Crippen molar-refractivity contribution >= 4 is 18.0 Å². The van der Waals surface area contributed by atoms with Crippen LogP contribution in [0.25, 0.3) is 0 Å². The normalized spacial score (nSPS) is 10.4. The van der Waals surface area contributed by atoms with Crippen molar-refractivity contribution in [1.29, 1.82) is 0 Å². The largest absolute Gasteiger partial charge is 0.497 e. The van der Waals surface area contributed by atoms with E-state index in [1.807, 2.05) is 0 Å². The third-order valence-electron chi connectivity index (χ3n) is 3.01. The molecule has 0 saturated heterocycles. The molecule has 2 aromatic carbocycles. The summed E-state index contributed by atoms with van der Waals surface area (Å²) in [6.45, 7) is -0.269. The number of amides is 2. The Kier molecular flexibility index (Phi) is 6.01. The molecule has 0 fully saturated rings. The van der Waals surface area contributed by atoms with Gasteiger partial charge in [0.15, 0.2) is 0 Å². The van der Waals surface area contributed by atoms with Crippen molar-refractivity contribution < 1.29 is 18.7 Å². The van der Waals surface area contributed by atoms with Crippen LogP contribution in [0.3, 0.4) is 0 Å². The van der Waals surface area contributed by atoms with Crippen LogP contribution in [0.2, 0.25) is 0 Å². The maximum atomic E-state index is 13.0. The van der Waals surface area contributed by atoms with E-state index in [1.54, 1.807) is 31.4 Å². The van der Waals surface area contributed by atoms with Gasteiger partial charge >= 0.3 is 0 Å². The summed E-state index contributed by atoms with van der Waals surface area (Å²) < 4.78 is 18.0. The van der Waals surface area contributed by atoms with E-state index in [1.165, 1.54) is 24.4 Å². The van der Waals surface area contributed by atoms with Crippen molar-refractivity contribution in [2.24, 2.45) is 5.10 Å². The number of rotatable bonds is 6. The Morgan fingerprint density at radius 1 is 1.21 bits per heavy atom. The molecule has 0 aliphatic heterocycles. The number of hydrazone groups is 1. The first-order valence-electron chi connectivity index (χ1n) is 7.08. The Labute approximate surface area is 138 Å². The molecule has 24 heavy (non-hydrogen) atoms. The molecule has 0 atom stereocenters. The molecule has 0 aromatic heterocycles. The lowest BCUT2D eigenvalue weighted by Crippen LogP contribution is -2.34. The smallest absolute Gasteiger partial charge is 0.259 e. The van der Waals surface area contributed by atoms with E-state index in [2.05, 4.69) is 15.8 Å². The number of hydrogen-bond acceptors (Lipinski definition) is 4. The van der Waals surface area contributed by atoms with Gasteiger partial charge in [0.1, 0.15) is 11.6 Å². The lowest BCUT2D eigenvalue weighted by atomic mass is 10.2. The molecule has 7 heteroatoms. The van der Waals surface area contributed by atoms with E-state index < -0.39 is 17.6 Å². The van der Waals surface area contributed by atoms with Gasteiger partial charge in [0, 0.05) is 5.56 Å². The van der Waals surface area contributed by atoms with Crippen molar-refractivity contribution in [3.63, 3.8) is 0 Å². The number of carbonyl (C=O) groups excluding carboxylic acids is 2. The van der Waals surface area contributed by atoms with Gasteiger partial charge in [-0.1, -0.05) is 6.07 Å². The molecule has 0 bridgehead atoms. The maximum absolute atomic E-state index is 13.0. The van der Waals surface area contributed by atoms with Gasteiger partial charge < -0.3 is 10.1 Å². The van der Waals surface area contributed by atoms with Gasteiger partial charge in [0.25, 0.3) is 11.8 Å². The number of methoxy groups -OCH3 is 1. The summed E-state index contributed by atoms with van der Waals surface area (Å²) in [5, 5.41) is 6.17. The molecular weight excluding hydrogens is 313 g/mol. The van der Waals surface area contributed by atoms with E-state index in [4.69, 9.17) is 4.74 Å². The monoisotopic (exact) mass is 329 g/mol. The molecule has 0 heterocycles. The van der Waals surface area contributed by atoms with Gasteiger partial charge in [-0.05, 0) is 48.0 Å². The number of benzene rings is 2. The molecule has 6 nitrogen and oxygen atoms in total. The highest BCUT2D eigenvalue weighted by molar-refractivity contribution is 5.96. The number of halogens is 1. The van der Waals surface area contributed by atoms with Crippen molar-refractivity contribution in [2.75, 3.05) is 13.7 Å². The van der Waals surface area contributed by atoms with Gasteiger partial charge in [0.05, 0.1) is 19.9 Å². The Hall–Kier alpha value is -3.22. The van der Waals surface area contributed by atoms with Crippen molar-refractivity contribution in [3.05, 3.63) is 65.5 Å². The highest BCUT2D eigenvalue weighted by Gasteiger charge is 2.08. The highest BCUT2D eigenvalue weighted by atomic mass is 19.1. The summed E-state index contributed by atoms with van der Waals surface area (Å²) in [4.78, 5) is 23.4. The first-order valence-corrected chi connectivity index (χ1v) is 7.08. The van der Waals surface area contributed by atoms with E-state index in [9.17, 15) is 14.0 Å². The molecule has 0 spiro atoms. The van der Waals surface area contributed by atoms with Crippen LogP contribution in [0, 0.1) is 5.82 Å². The van der Waals surface area contributed by atoms with Gasteiger partial charge in [-0.2, -0.15) is 5.10 Å². The number of nitrogens with one attached hydrogen (secondary N) is 2. The van der Waals surface area contributed by atoms with Crippen molar-refractivity contribution in [1.82, 2.24) is 10.7 Å². The van der Waals surface area contributed by atoms with Crippen LogP contribution >= 0.6 is 0 Å². The first kappa shape index (κ1) is 17.1. The van der Waals surface area contributed by atoms with E-state index >= 15 is 0 Å². The fourth-order valence-corrected chi connectivity index (χ4v) is 1.80. The Bertz CT molecular complexity index is 745. The number of ether oxygens (including phenoxy) is 1. The summed E-state index contributed by atoms with van der Waals surface area (Å²) in [6, 6.07) is 12.3. The second-order valence-corrected chi connectivity index (χ2v) is 4.76. The minimum atomic E-state index is -0.538. The Balaban J connectivity index is 1.78. The fraction of sp³-hybridized carbons (Fsp3) is 0.118. The average molecular weight is 329 g/mol. The summed E-state index contributed by atoms with van der Waals surface area (Å²) in [7, 11) is 1.57. The van der Waals surface area contributed by atoms with Crippen LogP contribution in [0.4, 0.5) is 4.39 Å². The third-order valence-corrected chi connectivity index (χ3v) is 3.01. The predicted molar refractivity (Wildman–Crippen MR) is 87.5 cm³/mol. The minimum Gasteiger partial charge on any atom is -0.497 e. The molecule has 0 unspecified atom stereocenters. The highest BCUT2D eigenvalue weighted by Crippen LogP contribution is 2.09. The first-order chi connectivity index (χ1) is 11.6. The van der Waals surface area contributed by atoms with E-state index in [0.29, 0.717) is 0 Å². The van der Waals surface area contributed by atoms with Gasteiger partial charge in [-0.3, -0.25) is 9.59 Å². The second-order valence-electron chi connectivity index (χ2n) is 4.76. The number of hydrogen-bond donors (Lipinski definition) is 2. The Morgan fingerprint density at radius 2 is 1.96 bits per heavy atom. The van der Waals surface area contributed by atoms with Gasteiger partial charge in [0.2, 0.25) is 0 Å². The molecule has 2 aromatic rings. The van der Waals surface area contributed by atoms with Crippen LogP contribution in [-0.4, -0.2) is 31.7 Å². The molecule has 0 radical (unpaired) electrons. The number of carbonyl (C=O) groups is 2. The lowest BCUT2D eigenvalue weighted by Gasteiger charge is -2.04. The van der Waals surface area contributed by atoms with Crippen LogP contribution in [0.15, 0.2) is 53.6 Å². The quantitative estimate of drug-likeness (QED) is 0.625. The van der Waals surface area contributed by atoms with E-state index in [-0.39, 0.29) is 12.1 Å². The summed E-state index contributed by atoms with van der Waals surface area (Å²) in [5.74, 6) is -0.833. The molecule has 2 rings (SSSR count). The summed E-state index contributed by atoms with van der Waals surface area (Å²) in [5.41, 5.74) is 3.21. The van der Waals surface area contributed by atoms with Crippen molar-refractivity contribution in [3.8, 4) is 5.75 Å². The molecule has 124 valence electrons. The minimum absolute atomic E-state index is 0.143. The zero-order valence-electron chi connectivity index (χ0n) is 13.0. The standard InChI is InChI=1S/C17H16FN3O3/c1-24-15-7-5-12(6-8-15)10-20-21-16(22)11-19-17(23)13-3-2-4-14(18)9-13/h2-10H,11H2,1H3,(H,19,23)(H,21,22)/b20-10-. The van der Waals surface area contributed by atoms with Crippen LogP contribution in [-0.2, 0) is 4.79 Å². The average Bonchev–Trinajstić information content (AvgIpc) is 2.60. The topological polar surface area (TPSA) is 79.8 Å². The number of nitrogens with zero attached hydrogens (tertiary/aromatic N) is 1. The molecular formula is C17H16FN3O3. The van der Waals surface area contributed by atoms with E-state index in [0.717, 1.165) is 17.4 Å². The Morgan fingerprint density at radius 3 is 2.62 bits per heavy atom. The lowest BCUT2D eigenvalue weighted by molar-refractivity contribution is -0.120. The summed E-state index contributed by atoms with van der Waals surface area (Å²) in [6.07, 6.45) is 1.46. The second kappa shape index (κ2) is 8.42. The van der Waals surface area contributed by atoms with Gasteiger partial charge in [-0.25, -0.2) is 9.82 Å². The SMILES string of the molecule is COc1ccc(/C=N\NC(=O)CNC(=O)c2cccc(F)c2)cc1. The predicted octanol–water partition coefficient (Wildman–Crippen LogP) is 1.71. The molecule has 2 amide bonds. The third kappa shape index (κ3) is 5.20. The summed E-state index contributed by atoms with van der Waals surface area (Å²) >= 11 is 0. The van der Waals surface area contributed by atoms with Gasteiger partial charge in [-0.15, -0.1) is 0 Å².